The van der Waals surface area contributed by atoms with Gasteiger partial charge in [0.15, 0.2) is 34.7 Å². The van der Waals surface area contributed by atoms with Gasteiger partial charge < -0.3 is 79.8 Å². The van der Waals surface area contributed by atoms with Gasteiger partial charge in [-0.25, -0.2) is 36.2 Å². The van der Waals surface area contributed by atoms with Gasteiger partial charge in [-0.15, -0.1) is 0 Å². The van der Waals surface area contributed by atoms with Crippen LogP contribution in [0, 0.1) is 25.8 Å². The molecule has 0 aliphatic carbocycles. The lowest BCUT2D eigenvalue weighted by Gasteiger charge is -2.27. The highest BCUT2D eigenvalue weighted by molar-refractivity contribution is 7.72. The number of nitrogen functional groups attached to an aromatic ring is 1. The fraction of sp³-hybridized carbons (Fsp3) is 0.556. The Morgan fingerprint density at radius 2 is 1.09 bits per heavy atom. The first-order valence-corrected chi connectivity index (χ1v) is 25.9. The first-order valence-electron chi connectivity index (χ1n) is 15.7. The van der Waals surface area contributed by atoms with Gasteiger partial charge in [-0.2, -0.15) is 22.2 Å². The zero-order valence-electron chi connectivity index (χ0n) is 30.9. The van der Waals surface area contributed by atoms with Crippen LogP contribution >= 0.6 is 83.6 Å². The molecule has 4 rings (SSSR count). The smallest absolute Gasteiger partial charge is 0.387 e. The highest BCUT2D eigenvalue weighted by atomic mass is 32.1. The quantitative estimate of drug-likeness (QED) is 0.0325. The second kappa shape index (κ2) is 21.4. The Morgan fingerprint density at radius 1 is 0.712 bits per heavy atom. The minimum absolute atomic E-state index is 0.317. The lowest BCUT2D eigenvalue weighted by Crippen LogP contribution is -2.44. The van der Waals surface area contributed by atoms with E-state index in [1.54, 1.807) is 0 Å². The molecule has 0 spiro atoms. The number of nitrogens with one attached hydrogen (secondary N) is 1. The SMILES string of the molecule is [N-]=[N+]=N[C@]1(COP(=O)(O)OP(=O)(O)OP(=O)(O)O)O[C@@H](n2cc(F)c(=S)[nH]c2=S)C(O)[C@H]1O.[N-]=[N+]=N[C@]1(COP(=O)(O)OP(=O)(O)OP(=O)(O)O)O[C@@H](n2cc(F)c(N)nc2=S)C(O)[C@H]1O. The summed E-state index contributed by atoms with van der Waals surface area (Å²) in [7, 11) is -34.5. The lowest BCUT2D eigenvalue weighted by atomic mass is 10.1. The summed E-state index contributed by atoms with van der Waals surface area (Å²) in [5.41, 5.74) is 17.4. The van der Waals surface area contributed by atoms with Crippen molar-refractivity contribution in [3.05, 3.63) is 59.1 Å². The summed E-state index contributed by atoms with van der Waals surface area (Å²) < 4.78 is 129. The van der Waals surface area contributed by atoms with E-state index < -0.39 is 135 Å². The molecule has 4 heterocycles. The molecule has 66 heavy (non-hydrogen) atoms. The third-order valence-electron chi connectivity index (χ3n) is 7.34. The molecule has 2 aromatic rings. The van der Waals surface area contributed by atoms with Crippen molar-refractivity contribution in [2.24, 2.45) is 10.2 Å². The molecule has 6 unspecified atom stereocenters. The molecule has 0 radical (unpaired) electrons. The molecule has 48 heteroatoms. The lowest BCUT2D eigenvalue weighted by molar-refractivity contribution is -0.122. The largest absolute Gasteiger partial charge is 0.490 e. The van der Waals surface area contributed by atoms with Gasteiger partial charge in [0.2, 0.25) is 16.2 Å². The predicted octanol–water partition coefficient (Wildman–Crippen LogP) is 0.949. The standard InChI is InChI=1S/C9H14FN6O13P3S.C9H13FN5O13P3S2/c10-3-1-16(8(33)13-6(3)11)7-4(17)5(18)9(27-7,14-15-12)2-26-31(22,23)29-32(24,25)28-30(19,20)21;10-3-1-15(8(33)12-6(3)32)7-4(16)5(17)9(26-7,13-14-11)2-25-30(21,22)28-31(23,24)27-29(18,19)20/h1,4-5,7,17-18H,2H2,(H,22,23)(H,24,25)(H2,11,13,33)(H2,19,20,21);1,4-5,7,16-17H,2H2,(H,21,22)(H,23,24)(H,12,32,33)(H2,18,19,20)/t2*4?,5-,7-,9-/m11/s1. The van der Waals surface area contributed by atoms with Gasteiger partial charge in [0.1, 0.15) is 29.1 Å². The van der Waals surface area contributed by atoms with E-state index in [0.29, 0.717) is 17.0 Å². The van der Waals surface area contributed by atoms with Crippen LogP contribution in [-0.4, -0.2) is 128 Å². The predicted molar refractivity (Wildman–Crippen MR) is 205 cm³/mol. The zero-order valence-corrected chi connectivity index (χ0v) is 38.7. The fourth-order valence-electron chi connectivity index (χ4n) is 4.84. The number of aromatic nitrogens is 4. The van der Waals surface area contributed by atoms with Gasteiger partial charge >= 0.3 is 46.9 Å². The molecular weight excluding hydrogens is 1110 g/mol. The number of hydrogen-bond acceptors (Lipinski definition) is 25. The first-order chi connectivity index (χ1) is 29.8. The maximum Gasteiger partial charge on any atom is 0.490 e. The minimum Gasteiger partial charge on any atom is -0.387 e. The van der Waals surface area contributed by atoms with Crippen molar-refractivity contribution in [3.63, 3.8) is 0 Å². The average molecular weight is 1130 g/mol. The Kier molecular flexibility index (Phi) is 18.8. The van der Waals surface area contributed by atoms with Crippen LogP contribution in [0.25, 0.3) is 20.9 Å². The molecule has 2 aromatic heterocycles. The Bertz CT molecular complexity index is 2770. The van der Waals surface area contributed by atoms with Crippen molar-refractivity contribution in [1.82, 2.24) is 19.1 Å². The van der Waals surface area contributed by atoms with Crippen molar-refractivity contribution in [1.29, 1.82) is 0 Å². The number of ether oxygens (including phenoxy) is 2. The molecule has 12 atom stereocenters. The van der Waals surface area contributed by atoms with E-state index in [9.17, 15) is 66.4 Å². The number of aliphatic hydroxyl groups excluding tert-OH is 4. The van der Waals surface area contributed by atoms with E-state index in [-0.39, 0.29) is 4.77 Å². The van der Waals surface area contributed by atoms with Gasteiger partial charge in [-0.05, 0) is 35.5 Å². The van der Waals surface area contributed by atoms with Crippen LogP contribution in [0.4, 0.5) is 14.6 Å². The number of rotatable bonds is 18. The summed E-state index contributed by atoms with van der Waals surface area (Å²) in [5.74, 6) is -2.76. The van der Waals surface area contributed by atoms with Crippen LogP contribution in [0.2, 0.25) is 0 Å². The normalized spacial score (nSPS) is 29.1. The molecule has 2 saturated heterocycles. The van der Waals surface area contributed by atoms with Crippen molar-refractivity contribution in [3.8, 4) is 0 Å². The van der Waals surface area contributed by atoms with E-state index in [4.69, 9.17) is 80.1 Å². The first kappa shape index (κ1) is 58.0. The van der Waals surface area contributed by atoms with E-state index >= 15 is 0 Å². The molecule has 37 nitrogen and oxygen atoms in total. The Morgan fingerprint density at radius 3 is 1.47 bits per heavy atom. The van der Waals surface area contributed by atoms with E-state index in [0.717, 1.165) is 4.57 Å². The third-order valence-corrected chi connectivity index (χ3v) is 15.8. The van der Waals surface area contributed by atoms with Gasteiger partial charge in [-0.3, -0.25) is 18.2 Å². The molecule has 2 fully saturated rings. The molecule has 0 bridgehead atoms. The van der Waals surface area contributed by atoms with Gasteiger partial charge in [-0.1, -0.05) is 22.4 Å². The summed E-state index contributed by atoms with van der Waals surface area (Å²) in [6, 6.07) is 0. The Balaban J connectivity index is 0.000000350. The number of aromatic amines is 1. The van der Waals surface area contributed by atoms with Crippen LogP contribution < -0.4 is 5.73 Å². The van der Waals surface area contributed by atoms with Crippen LogP contribution in [0.5, 0.6) is 0 Å². The second-order valence-corrected chi connectivity index (χ2v) is 22.0. The number of anilines is 1. The molecule has 2 aliphatic rings. The van der Waals surface area contributed by atoms with Crippen molar-refractivity contribution in [2.45, 2.75) is 48.3 Å². The average Bonchev–Trinajstić information content (AvgIpc) is 3.51. The molecule has 0 aromatic carbocycles. The number of halogens is 2. The van der Waals surface area contributed by atoms with Crippen LogP contribution in [-0.2, 0) is 63.2 Å². The number of H-pyrrole nitrogens is 1. The number of azide groups is 2. The summed E-state index contributed by atoms with van der Waals surface area (Å²) in [6.45, 7) is -2.91. The third kappa shape index (κ3) is 15.3. The summed E-state index contributed by atoms with van der Waals surface area (Å²) in [5, 5.41) is 47.4. The highest BCUT2D eigenvalue weighted by Crippen LogP contribution is 2.68. The summed E-state index contributed by atoms with van der Waals surface area (Å²) >= 11 is 14.4. The number of phosphoric acid groups is 6. The van der Waals surface area contributed by atoms with Crippen molar-refractivity contribution >= 4 is 89.4 Å². The fourth-order valence-corrected chi connectivity index (χ4v) is 11.7. The maximum atomic E-state index is 13.8. The zero-order chi connectivity index (χ0) is 50.8. The molecule has 0 amide bonds. The molecule has 372 valence electrons. The van der Waals surface area contributed by atoms with Gasteiger partial charge in [0.05, 0.1) is 13.2 Å². The number of phosphoric ester groups is 2. The van der Waals surface area contributed by atoms with Crippen LogP contribution in [0.3, 0.4) is 0 Å². The van der Waals surface area contributed by atoms with Gasteiger partial charge in [0.25, 0.3) is 0 Å². The number of hydrogen-bond donors (Lipinski definition) is 14. The minimum atomic E-state index is -5.88. The molecule has 0 saturated carbocycles. The van der Waals surface area contributed by atoms with E-state index in [2.05, 4.69) is 68.5 Å². The van der Waals surface area contributed by atoms with Gasteiger partial charge in [0, 0.05) is 22.2 Å². The van der Waals surface area contributed by atoms with Crippen molar-refractivity contribution < 1.29 is 132 Å². The number of nitrogens with zero attached hydrogens (tertiary/aromatic N) is 9. The second-order valence-electron chi connectivity index (χ2n) is 12.0. The molecule has 15 N–H and O–H groups in total. The number of nitrogens with two attached hydrogens (primary N) is 1. The highest BCUT2D eigenvalue weighted by Gasteiger charge is 2.58. The van der Waals surface area contributed by atoms with E-state index in [1.807, 2.05) is 0 Å². The van der Waals surface area contributed by atoms with Crippen LogP contribution in [0.15, 0.2) is 22.6 Å². The van der Waals surface area contributed by atoms with E-state index in [1.165, 1.54) is 0 Å². The Labute approximate surface area is 375 Å². The maximum absolute atomic E-state index is 13.8. The van der Waals surface area contributed by atoms with Crippen LogP contribution in [0.1, 0.15) is 12.5 Å². The monoisotopic (exact) mass is 1130 g/mol. The topological polar surface area (TPSA) is 581 Å². The molecular formula is C18H27F2N11O26P6S3. The van der Waals surface area contributed by atoms with Crippen molar-refractivity contribution in [2.75, 3.05) is 18.9 Å². The Hall–Kier alpha value is -2.32. The summed E-state index contributed by atoms with van der Waals surface area (Å²) in [6.07, 6.45) is -10.8. The summed E-state index contributed by atoms with van der Waals surface area (Å²) in [4.78, 5) is 81.8. The number of aliphatic hydroxyl groups is 4. The molecule has 2 aliphatic heterocycles.